The number of halogens is 2. The highest BCUT2D eigenvalue weighted by Gasteiger charge is 2.27. The van der Waals surface area contributed by atoms with Crippen molar-refractivity contribution in [2.75, 3.05) is 13.7 Å². The Morgan fingerprint density at radius 3 is 2.82 bits per heavy atom. The van der Waals surface area contributed by atoms with Gasteiger partial charge in [-0.3, -0.25) is 4.90 Å². The number of rotatable bonds is 4. The van der Waals surface area contributed by atoms with Gasteiger partial charge in [0, 0.05) is 26.7 Å². The second kappa shape index (κ2) is 6.14. The van der Waals surface area contributed by atoms with Crippen LogP contribution in [-0.2, 0) is 24.4 Å². The molecule has 0 fully saturated rings. The zero-order chi connectivity index (χ0) is 15.7. The first-order valence-electron chi connectivity index (χ1n) is 7.31. The maximum absolute atomic E-state index is 13.3. The van der Waals surface area contributed by atoms with Crippen molar-refractivity contribution in [3.8, 4) is 0 Å². The molecule has 0 radical (unpaired) electrons. The summed E-state index contributed by atoms with van der Waals surface area (Å²) in [5, 5.41) is 0. The van der Waals surface area contributed by atoms with Crippen LogP contribution < -0.4 is 0 Å². The molecule has 22 heavy (non-hydrogen) atoms. The van der Waals surface area contributed by atoms with Crippen LogP contribution in [0.5, 0.6) is 0 Å². The molecule has 2 aromatic rings. The lowest BCUT2D eigenvalue weighted by Crippen LogP contribution is -2.37. The fraction of sp³-hybridized carbons (Fsp3) is 0.438. The Hall–Kier alpha value is -1.79. The minimum Gasteiger partial charge on any atom is -0.378 e. The molecule has 6 heteroatoms. The van der Waals surface area contributed by atoms with Gasteiger partial charge in [-0.1, -0.05) is 6.07 Å². The second-order valence-electron chi connectivity index (χ2n) is 5.59. The quantitative estimate of drug-likeness (QED) is 0.870. The van der Waals surface area contributed by atoms with Crippen LogP contribution in [0, 0.1) is 11.6 Å². The highest BCUT2D eigenvalue weighted by Crippen LogP contribution is 2.27. The van der Waals surface area contributed by atoms with Crippen LogP contribution in [0.3, 0.4) is 0 Å². The molecule has 0 N–H and O–H groups in total. The first-order chi connectivity index (χ1) is 10.6. The number of fused-ring (bicyclic) bond motifs is 1. The smallest absolute Gasteiger partial charge is 0.159 e. The summed E-state index contributed by atoms with van der Waals surface area (Å²) in [5.41, 5.74) is 1.83. The molecule has 4 nitrogen and oxygen atoms in total. The number of methoxy groups -OCH3 is 1. The molecule has 1 aromatic heterocycles. The third-order valence-corrected chi connectivity index (χ3v) is 4.16. The van der Waals surface area contributed by atoms with Crippen molar-refractivity contribution in [2.24, 2.45) is 0 Å². The Morgan fingerprint density at radius 2 is 2.09 bits per heavy atom. The van der Waals surface area contributed by atoms with Crippen LogP contribution in [0.1, 0.15) is 30.0 Å². The van der Waals surface area contributed by atoms with E-state index in [0.717, 1.165) is 30.2 Å². The molecule has 3 rings (SSSR count). The van der Waals surface area contributed by atoms with Gasteiger partial charge in [-0.25, -0.2) is 13.8 Å². The average molecular weight is 307 g/mol. The van der Waals surface area contributed by atoms with Gasteiger partial charge < -0.3 is 9.30 Å². The van der Waals surface area contributed by atoms with Crippen molar-refractivity contribution in [2.45, 2.75) is 32.7 Å². The zero-order valence-corrected chi connectivity index (χ0v) is 12.7. The van der Waals surface area contributed by atoms with Gasteiger partial charge in [0.2, 0.25) is 0 Å². The Balaban J connectivity index is 1.77. The predicted octanol–water partition coefficient (Wildman–Crippen LogP) is 2.88. The molecule has 1 unspecified atom stereocenters. The van der Waals surface area contributed by atoms with Gasteiger partial charge in [0.25, 0.3) is 0 Å². The molecule has 0 bridgehead atoms. The van der Waals surface area contributed by atoms with E-state index in [4.69, 9.17) is 4.74 Å². The molecule has 0 saturated carbocycles. The van der Waals surface area contributed by atoms with E-state index < -0.39 is 11.6 Å². The van der Waals surface area contributed by atoms with E-state index in [1.165, 1.54) is 12.1 Å². The summed E-state index contributed by atoms with van der Waals surface area (Å²) in [6.45, 7) is 4.85. The molecule has 0 aliphatic carbocycles. The molecule has 0 saturated heterocycles. The summed E-state index contributed by atoms with van der Waals surface area (Å²) in [7, 11) is 1.67. The number of hydrogen-bond donors (Lipinski definition) is 0. The molecule has 2 heterocycles. The zero-order valence-electron chi connectivity index (χ0n) is 12.7. The standard InChI is InChI=1S/C16H19F2N3O/c1-11-16-19-8-13(10-22-2)21(16)6-5-20(11)9-12-3-4-14(17)15(18)7-12/h3-4,7-8,11H,5-6,9-10H2,1-2H3. The van der Waals surface area contributed by atoms with Crippen LogP contribution in [0.2, 0.25) is 0 Å². The Kier molecular flexibility index (Phi) is 4.22. The van der Waals surface area contributed by atoms with E-state index in [9.17, 15) is 8.78 Å². The summed E-state index contributed by atoms with van der Waals surface area (Å²) in [6, 6.07) is 4.19. The van der Waals surface area contributed by atoms with Gasteiger partial charge in [-0.15, -0.1) is 0 Å². The first-order valence-corrected chi connectivity index (χ1v) is 7.31. The Morgan fingerprint density at radius 1 is 1.27 bits per heavy atom. The van der Waals surface area contributed by atoms with Gasteiger partial charge in [0.1, 0.15) is 5.82 Å². The fourth-order valence-electron chi connectivity index (χ4n) is 2.96. The van der Waals surface area contributed by atoms with E-state index in [1.807, 2.05) is 6.20 Å². The van der Waals surface area contributed by atoms with Crippen molar-refractivity contribution >= 4 is 0 Å². The van der Waals surface area contributed by atoms with E-state index >= 15 is 0 Å². The molecule has 1 aliphatic heterocycles. The molecular formula is C16H19F2N3O. The second-order valence-corrected chi connectivity index (χ2v) is 5.59. The Labute approximate surface area is 128 Å². The molecule has 0 spiro atoms. The van der Waals surface area contributed by atoms with Crippen LogP contribution in [0.25, 0.3) is 0 Å². The number of imidazole rings is 1. The molecular weight excluding hydrogens is 288 g/mol. The number of benzene rings is 1. The highest BCUT2D eigenvalue weighted by molar-refractivity contribution is 5.19. The van der Waals surface area contributed by atoms with Gasteiger partial charge in [-0.05, 0) is 24.6 Å². The summed E-state index contributed by atoms with van der Waals surface area (Å²) in [4.78, 5) is 6.70. The van der Waals surface area contributed by atoms with Crippen LogP contribution in [0.4, 0.5) is 8.78 Å². The molecule has 1 aromatic carbocycles. The third kappa shape index (κ3) is 2.76. The summed E-state index contributed by atoms with van der Waals surface area (Å²) in [5.74, 6) is -0.623. The first kappa shape index (κ1) is 15.1. The van der Waals surface area contributed by atoms with Crippen LogP contribution >= 0.6 is 0 Å². The predicted molar refractivity (Wildman–Crippen MR) is 78.1 cm³/mol. The van der Waals surface area contributed by atoms with Crippen LogP contribution in [0.15, 0.2) is 24.4 Å². The minimum atomic E-state index is -0.810. The van der Waals surface area contributed by atoms with Gasteiger partial charge in [-0.2, -0.15) is 0 Å². The van der Waals surface area contributed by atoms with Crippen molar-refractivity contribution in [1.82, 2.24) is 14.5 Å². The van der Waals surface area contributed by atoms with Gasteiger partial charge in [0.05, 0.1) is 24.5 Å². The normalized spacial score (nSPS) is 18.5. The van der Waals surface area contributed by atoms with Crippen molar-refractivity contribution < 1.29 is 13.5 Å². The summed E-state index contributed by atoms with van der Waals surface area (Å²) in [6.07, 6.45) is 1.84. The lowest BCUT2D eigenvalue weighted by atomic mass is 10.1. The number of ether oxygens (including phenoxy) is 1. The fourth-order valence-corrected chi connectivity index (χ4v) is 2.96. The minimum absolute atomic E-state index is 0.118. The van der Waals surface area contributed by atoms with Gasteiger partial charge in [0.15, 0.2) is 11.6 Å². The van der Waals surface area contributed by atoms with Crippen molar-refractivity contribution in [1.29, 1.82) is 0 Å². The highest BCUT2D eigenvalue weighted by atomic mass is 19.2. The molecule has 1 atom stereocenters. The summed E-state index contributed by atoms with van der Waals surface area (Å²) < 4.78 is 33.7. The van der Waals surface area contributed by atoms with E-state index in [2.05, 4.69) is 21.4 Å². The van der Waals surface area contributed by atoms with Crippen molar-refractivity contribution in [3.05, 3.63) is 53.1 Å². The lowest BCUT2D eigenvalue weighted by Gasteiger charge is -2.34. The molecule has 1 aliphatic rings. The maximum atomic E-state index is 13.3. The van der Waals surface area contributed by atoms with Gasteiger partial charge >= 0.3 is 0 Å². The number of hydrogen-bond acceptors (Lipinski definition) is 3. The average Bonchev–Trinajstić information content (AvgIpc) is 2.90. The number of aromatic nitrogens is 2. The van der Waals surface area contributed by atoms with Crippen molar-refractivity contribution in [3.63, 3.8) is 0 Å². The number of nitrogens with zero attached hydrogens (tertiary/aromatic N) is 3. The molecule has 118 valence electrons. The summed E-state index contributed by atoms with van der Waals surface area (Å²) >= 11 is 0. The Bertz CT molecular complexity index is 671. The SMILES string of the molecule is COCc1cnc2n1CCN(Cc1ccc(F)c(F)c1)C2C. The monoisotopic (exact) mass is 307 g/mol. The largest absolute Gasteiger partial charge is 0.378 e. The van der Waals surface area contributed by atoms with E-state index in [-0.39, 0.29) is 6.04 Å². The molecule has 0 amide bonds. The van der Waals surface area contributed by atoms with E-state index in [1.54, 1.807) is 13.2 Å². The lowest BCUT2D eigenvalue weighted by molar-refractivity contribution is 0.143. The third-order valence-electron chi connectivity index (χ3n) is 4.16. The van der Waals surface area contributed by atoms with E-state index in [0.29, 0.717) is 13.2 Å². The maximum Gasteiger partial charge on any atom is 0.159 e. The topological polar surface area (TPSA) is 30.3 Å². The van der Waals surface area contributed by atoms with Crippen LogP contribution in [-0.4, -0.2) is 28.1 Å².